The number of hydrogen-bond donors (Lipinski definition) is 0. The molecule has 0 saturated heterocycles. The van der Waals surface area contributed by atoms with E-state index in [-0.39, 0.29) is 12.3 Å². The minimum absolute atomic E-state index is 0.000417. The Kier molecular flexibility index (Phi) is 3.89. The number of hydrogen-bond acceptors (Lipinski definition) is 3. The molecule has 0 fully saturated rings. The van der Waals surface area contributed by atoms with Crippen LogP contribution in [0.3, 0.4) is 0 Å². The van der Waals surface area contributed by atoms with Crippen molar-refractivity contribution < 1.29 is 9.59 Å². The number of nitriles is 1. The lowest BCUT2D eigenvalue weighted by atomic mass is 10.2. The standard InChI is InChI=1S/C7H9N2O2/c1-6(11)9(2)7(5-10)3-4-8/h7H,3H2,1-2H3. The SMILES string of the molecule is CC(=O)N(C)C([C]=O)CC#N. The van der Waals surface area contributed by atoms with Crippen molar-refractivity contribution in [1.29, 1.82) is 5.26 Å². The number of nitrogens with zero attached hydrogens (tertiary/aromatic N) is 2. The van der Waals surface area contributed by atoms with Gasteiger partial charge < -0.3 is 4.90 Å². The lowest BCUT2D eigenvalue weighted by molar-refractivity contribution is -0.128. The largest absolute Gasteiger partial charge is 0.334 e. The number of likely N-dealkylation sites (N-methyl/N-ethyl adjacent to an activating group) is 1. The molecule has 1 atom stereocenters. The van der Waals surface area contributed by atoms with Gasteiger partial charge in [-0.1, -0.05) is 0 Å². The van der Waals surface area contributed by atoms with E-state index in [0.717, 1.165) is 0 Å². The van der Waals surface area contributed by atoms with Gasteiger partial charge in [0, 0.05) is 14.0 Å². The molecule has 1 unspecified atom stereocenters. The Balaban J connectivity index is 4.15. The van der Waals surface area contributed by atoms with Gasteiger partial charge in [0.1, 0.15) is 6.04 Å². The van der Waals surface area contributed by atoms with Crippen molar-refractivity contribution >= 4 is 12.2 Å². The van der Waals surface area contributed by atoms with Crippen molar-refractivity contribution in [3.63, 3.8) is 0 Å². The van der Waals surface area contributed by atoms with Gasteiger partial charge in [-0.2, -0.15) is 5.26 Å². The van der Waals surface area contributed by atoms with Gasteiger partial charge in [-0.25, -0.2) is 0 Å². The van der Waals surface area contributed by atoms with E-state index >= 15 is 0 Å². The molecule has 4 heteroatoms. The van der Waals surface area contributed by atoms with Crippen molar-refractivity contribution in [3.8, 4) is 6.07 Å². The van der Waals surface area contributed by atoms with Crippen LogP contribution in [-0.4, -0.2) is 30.2 Å². The summed E-state index contributed by atoms with van der Waals surface area (Å²) in [5, 5.41) is 8.23. The Morgan fingerprint density at radius 2 is 2.27 bits per heavy atom. The highest BCUT2D eigenvalue weighted by molar-refractivity contribution is 5.77. The van der Waals surface area contributed by atoms with Gasteiger partial charge in [-0.15, -0.1) is 0 Å². The van der Waals surface area contributed by atoms with E-state index in [9.17, 15) is 9.59 Å². The molecule has 0 aliphatic carbocycles. The predicted octanol–water partition coefficient (Wildman–Crippen LogP) is -0.143. The summed E-state index contributed by atoms with van der Waals surface area (Å²) in [6.45, 7) is 1.34. The maximum atomic E-state index is 10.7. The summed E-state index contributed by atoms with van der Waals surface area (Å²) in [5.74, 6) is -0.242. The third kappa shape index (κ3) is 2.80. The molecule has 1 radical (unpaired) electrons. The zero-order valence-electron chi connectivity index (χ0n) is 6.50. The Labute approximate surface area is 65.4 Å². The van der Waals surface area contributed by atoms with E-state index in [0.29, 0.717) is 0 Å². The number of carbonyl (C=O) groups excluding carboxylic acids is 2. The molecule has 0 aromatic rings. The average Bonchev–Trinajstić information content (AvgIpc) is 1.98. The van der Waals surface area contributed by atoms with Crippen molar-refractivity contribution in [2.45, 2.75) is 19.4 Å². The first-order valence-corrected chi connectivity index (χ1v) is 3.11. The van der Waals surface area contributed by atoms with Crippen LogP contribution in [0, 0.1) is 11.3 Å². The molecular formula is C7H9N2O2. The lowest BCUT2D eigenvalue weighted by Crippen LogP contribution is -2.36. The molecule has 1 amide bonds. The Bertz CT molecular complexity index is 195. The zero-order valence-corrected chi connectivity index (χ0v) is 6.50. The second kappa shape index (κ2) is 4.45. The fraction of sp³-hybridized carbons (Fsp3) is 0.571. The normalized spacial score (nSPS) is 11.4. The van der Waals surface area contributed by atoms with Gasteiger partial charge in [0.15, 0.2) is 0 Å². The summed E-state index contributed by atoms with van der Waals surface area (Å²) in [6.07, 6.45) is 1.62. The molecule has 0 saturated carbocycles. The first-order chi connectivity index (χ1) is 5.13. The molecule has 0 aliphatic heterocycles. The van der Waals surface area contributed by atoms with Crippen LogP contribution in [0.5, 0.6) is 0 Å². The monoisotopic (exact) mass is 153 g/mol. The minimum Gasteiger partial charge on any atom is -0.334 e. The summed E-state index contributed by atoms with van der Waals surface area (Å²) < 4.78 is 0. The van der Waals surface area contributed by atoms with E-state index in [2.05, 4.69) is 0 Å². The van der Waals surface area contributed by atoms with E-state index < -0.39 is 6.04 Å². The summed E-state index contributed by atoms with van der Waals surface area (Å²) >= 11 is 0. The Morgan fingerprint density at radius 1 is 1.73 bits per heavy atom. The van der Waals surface area contributed by atoms with Crippen molar-refractivity contribution in [1.82, 2.24) is 4.90 Å². The quantitative estimate of drug-likeness (QED) is 0.566. The molecule has 59 valence electrons. The third-order valence-electron chi connectivity index (χ3n) is 1.38. The van der Waals surface area contributed by atoms with Crippen molar-refractivity contribution in [3.05, 3.63) is 0 Å². The summed E-state index contributed by atoms with van der Waals surface area (Å²) in [6, 6.07) is 1.07. The number of carbonyl (C=O) groups is 1. The molecule has 0 aromatic heterocycles. The molecule has 0 bridgehead atoms. The first-order valence-electron chi connectivity index (χ1n) is 3.11. The van der Waals surface area contributed by atoms with Gasteiger partial charge in [-0.05, 0) is 0 Å². The zero-order chi connectivity index (χ0) is 8.85. The molecular weight excluding hydrogens is 144 g/mol. The second-order valence-electron chi connectivity index (χ2n) is 2.13. The topological polar surface area (TPSA) is 61.2 Å². The highest BCUT2D eigenvalue weighted by Gasteiger charge is 2.15. The van der Waals surface area contributed by atoms with Crippen molar-refractivity contribution in [2.75, 3.05) is 7.05 Å². The molecule has 4 nitrogen and oxygen atoms in total. The minimum atomic E-state index is -0.725. The maximum Gasteiger partial charge on any atom is 0.224 e. The van der Waals surface area contributed by atoms with Crippen LogP contribution in [0.25, 0.3) is 0 Å². The fourth-order valence-corrected chi connectivity index (χ4v) is 0.564. The number of rotatable bonds is 3. The smallest absolute Gasteiger partial charge is 0.224 e. The maximum absolute atomic E-state index is 10.7. The summed E-state index contributed by atoms with van der Waals surface area (Å²) in [5.41, 5.74) is 0. The van der Waals surface area contributed by atoms with Crippen LogP contribution in [-0.2, 0) is 9.59 Å². The molecule has 0 heterocycles. The lowest BCUT2D eigenvalue weighted by Gasteiger charge is -2.18. The predicted molar refractivity (Wildman–Crippen MR) is 38.2 cm³/mol. The van der Waals surface area contributed by atoms with Gasteiger partial charge >= 0.3 is 0 Å². The van der Waals surface area contributed by atoms with E-state index in [1.165, 1.54) is 18.9 Å². The molecule has 0 rings (SSSR count). The van der Waals surface area contributed by atoms with Crippen LogP contribution in [0.15, 0.2) is 0 Å². The molecule has 0 N–H and O–H groups in total. The fourth-order valence-electron chi connectivity index (χ4n) is 0.564. The molecule has 0 aliphatic rings. The molecule has 0 aromatic carbocycles. The van der Waals surface area contributed by atoms with Crippen LogP contribution in [0.2, 0.25) is 0 Å². The molecule has 0 spiro atoms. The number of amides is 1. The van der Waals surface area contributed by atoms with E-state index in [1.54, 1.807) is 12.4 Å². The highest BCUT2D eigenvalue weighted by Crippen LogP contribution is 1.97. The highest BCUT2D eigenvalue weighted by atomic mass is 16.2. The van der Waals surface area contributed by atoms with E-state index in [4.69, 9.17) is 5.26 Å². The van der Waals surface area contributed by atoms with E-state index in [1.807, 2.05) is 0 Å². The Hall–Kier alpha value is -1.37. The van der Waals surface area contributed by atoms with Crippen LogP contribution >= 0.6 is 0 Å². The molecule has 11 heavy (non-hydrogen) atoms. The van der Waals surface area contributed by atoms with Crippen LogP contribution in [0.1, 0.15) is 13.3 Å². The van der Waals surface area contributed by atoms with Gasteiger partial charge in [0.2, 0.25) is 12.2 Å². The Morgan fingerprint density at radius 3 is 2.55 bits per heavy atom. The average molecular weight is 153 g/mol. The first kappa shape index (κ1) is 9.63. The third-order valence-corrected chi connectivity index (χ3v) is 1.38. The van der Waals surface area contributed by atoms with Gasteiger partial charge in [0.25, 0.3) is 0 Å². The van der Waals surface area contributed by atoms with Crippen molar-refractivity contribution in [2.24, 2.45) is 0 Å². The van der Waals surface area contributed by atoms with Gasteiger partial charge in [0.05, 0.1) is 12.5 Å². The summed E-state index contributed by atoms with van der Waals surface area (Å²) in [4.78, 5) is 22.0. The van der Waals surface area contributed by atoms with Crippen LogP contribution in [0.4, 0.5) is 0 Å². The van der Waals surface area contributed by atoms with Gasteiger partial charge in [-0.3, -0.25) is 9.59 Å². The van der Waals surface area contributed by atoms with Crippen LogP contribution < -0.4 is 0 Å². The second-order valence-corrected chi connectivity index (χ2v) is 2.13. The summed E-state index contributed by atoms with van der Waals surface area (Å²) in [7, 11) is 1.47.